The van der Waals surface area contributed by atoms with Crippen molar-refractivity contribution in [1.29, 1.82) is 0 Å². The van der Waals surface area contributed by atoms with Crippen LogP contribution in [-0.2, 0) is 17.8 Å². The van der Waals surface area contributed by atoms with Gasteiger partial charge in [-0.25, -0.2) is 4.98 Å². The van der Waals surface area contributed by atoms with Crippen molar-refractivity contribution >= 4 is 11.8 Å². The largest absolute Gasteiger partial charge is 0.496 e. The third kappa shape index (κ3) is 11.9. The highest BCUT2D eigenvalue weighted by Gasteiger charge is 2.14. The summed E-state index contributed by atoms with van der Waals surface area (Å²) in [6, 6.07) is 16.0. The van der Waals surface area contributed by atoms with Gasteiger partial charge in [-0.3, -0.25) is 0 Å². The molecule has 2 aromatic carbocycles. The molecule has 3 aromatic rings. The topological polar surface area (TPSA) is 124 Å². The van der Waals surface area contributed by atoms with Crippen LogP contribution in [0.5, 0.6) is 11.5 Å². The first-order valence-electron chi connectivity index (χ1n) is 13.5. The molecule has 3 rings (SSSR count). The van der Waals surface area contributed by atoms with E-state index in [4.69, 9.17) is 25.1 Å². The van der Waals surface area contributed by atoms with Crippen LogP contribution in [-0.4, -0.2) is 62.1 Å². The number of hydrogen-bond donors (Lipinski definition) is 4. The Bertz CT molecular complexity index is 1080. The van der Waals surface area contributed by atoms with E-state index in [2.05, 4.69) is 27.5 Å². The maximum atomic E-state index is 8.77. The number of methoxy groups -OCH3 is 2. The number of aromatic nitrogens is 2. The molecule has 0 radical (unpaired) electrons. The van der Waals surface area contributed by atoms with Crippen molar-refractivity contribution in [2.24, 2.45) is 0 Å². The molecule has 39 heavy (non-hydrogen) atoms. The van der Waals surface area contributed by atoms with Crippen LogP contribution in [0.4, 0.5) is 11.8 Å². The van der Waals surface area contributed by atoms with E-state index < -0.39 is 0 Å². The molecule has 0 unspecified atom stereocenters. The molecule has 0 spiro atoms. The third-order valence-corrected chi connectivity index (χ3v) is 5.89. The smallest absolute Gasteiger partial charge is 0.222 e. The summed E-state index contributed by atoms with van der Waals surface area (Å²) < 4.78 is 16.4. The molecule has 214 valence electrons. The fourth-order valence-electron chi connectivity index (χ4n) is 3.84. The van der Waals surface area contributed by atoms with Gasteiger partial charge < -0.3 is 35.7 Å². The standard InChI is InChI=1S/C22H35N5O3.C8H10O/c1-4-5-10-25-21-19(16(2)26-22(23)27-21)14-17-7-8-18(15-20(17)29-3)30-13-6-9-24-11-12-28;1-9-7-8-5-3-2-4-6-8/h7-8,15,24,28H,4-6,9-14H2,1-3H3,(H3,23,25,26,27);2-6H,7H2,1H3. The number of unbranched alkanes of at least 4 members (excludes halogenated alkanes) is 1. The van der Waals surface area contributed by atoms with Crippen LogP contribution in [0.2, 0.25) is 0 Å². The number of rotatable bonds is 16. The van der Waals surface area contributed by atoms with Crippen LogP contribution in [0.15, 0.2) is 48.5 Å². The van der Waals surface area contributed by atoms with Crippen LogP contribution >= 0.6 is 0 Å². The molecule has 0 aliphatic carbocycles. The van der Waals surface area contributed by atoms with Crippen molar-refractivity contribution in [3.63, 3.8) is 0 Å². The highest BCUT2D eigenvalue weighted by molar-refractivity contribution is 5.53. The summed E-state index contributed by atoms with van der Waals surface area (Å²) >= 11 is 0. The van der Waals surface area contributed by atoms with E-state index in [1.807, 2.05) is 55.5 Å². The van der Waals surface area contributed by atoms with Gasteiger partial charge in [0.15, 0.2) is 0 Å². The molecular weight excluding hydrogens is 494 g/mol. The van der Waals surface area contributed by atoms with Crippen molar-refractivity contribution in [1.82, 2.24) is 15.3 Å². The summed E-state index contributed by atoms with van der Waals surface area (Å²) in [5, 5.41) is 15.3. The lowest BCUT2D eigenvalue weighted by Crippen LogP contribution is -2.20. The molecule has 0 saturated heterocycles. The molecule has 0 atom stereocenters. The maximum absolute atomic E-state index is 8.77. The summed E-state index contributed by atoms with van der Waals surface area (Å²) in [6.45, 7) is 7.81. The maximum Gasteiger partial charge on any atom is 0.222 e. The number of nitrogen functional groups attached to an aromatic ring is 1. The molecule has 0 aliphatic rings. The van der Waals surface area contributed by atoms with E-state index in [0.717, 1.165) is 66.5 Å². The van der Waals surface area contributed by atoms with Gasteiger partial charge in [0.1, 0.15) is 17.3 Å². The number of aryl methyl sites for hydroxylation is 1. The predicted molar refractivity (Wildman–Crippen MR) is 158 cm³/mol. The van der Waals surface area contributed by atoms with Crippen LogP contribution in [0.25, 0.3) is 0 Å². The minimum atomic E-state index is 0.147. The first-order valence-corrected chi connectivity index (χ1v) is 13.5. The number of ether oxygens (including phenoxy) is 3. The second-order valence-corrected chi connectivity index (χ2v) is 9.02. The van der Waals surface area contributed by atoms with Gasteiger partial charge in [0.25, 0.3) is 0 Å². The monoisotopic (exact) mass is 539 g/mol. The highest BCUT2D eigenvalue weighted by Crippen LogP contribution is 2.30. The van der Waals surface area contributed by atoms with Crippen LogP contribution in [0.3, 0.4) is 0 Å². The van der Waals surface area contributed by atoms with Crippen molar-refractivity contribution in [2.45, 2.75) is 46.1 Å². The van der Waals surface area contributed by atoms with E-state index >= 15 is 0 Å². The lowest BCUT2D eigenvalue weighted by Gasteiger charge is -2.16. The average molecular weight is 540 g/mol. The molecular formula is C30H45N5O4. The number of aliphatic hydroxyl groups is 1. The minimum absolute atomic E-state index is 0.147. The molecule has 9 nitrogen and oxygen atoms in total. The Kier molecular flexibility index (Phi) is 15.3. The normalized spacial score (nSPS) is 10.5. The number of hydrogen-bond acceptors (Lipinski definition) is 9. The van der Waals surface area contributed by atoms with Gasteiger partial charge in [0, 0.05) is 43.9 Å². The van der Waals surface area contributed by atoms with Crippen molar-refractivity contribution in [3.8, 4) is 11.5 Å². The average Bonchev–Trinajstić information content (AvgIpc) is 2.94. The molecule has 5 N–H and O–H groups in total. The molecule has 0 bridgehead atoms. The summed E-state index contributed by atoms with van der Waals surface area (Å²) in [5.74, 6) is 2.59. The Morgan fingerprint density at radius 1 is 0.974 bits per heavy atom. The van der Waals surface area contributed by atoms with Gasteiger partial charge >= 0.3 is 0 Å². The van der Waals surface area contributed by atoms with Crippen LogP contribution < -0.4 is 25.8 Å². The summed E-state index contributed by atoms with van der Waals surface area (Å²) in [6.07, 6.45) is 3.66. The highest BCUT2D eigenvalue weighted by atomic mass is 16.5. The van der Waals surface area contributed by atoms with Gasteiger partial charge in [-0.05, 0) is 43.5 Å². The SMILES string of the molecule is CCCCNc1nc(N)nc(C)c1Cc1ccc(OCCCNCCO)cc1OC.COCc1ccccc1. The Hall–Kier alpha value is -3.40. The number of nitrogens with two attached hydrogens (primary N) is 1. The summed E-state index contributed by atoms with van der Waals surface area (Å²) in [4.78, 5) is 8.76. The van der Waals surface area contributed by atoms with E-state index in [9.17, 15) is 0 Å². The van der Waals surface area contributed by atoms with Crippen molar-refractivity contribution < 1.29 is 19.3 Å². The molecule has 1 aromatic heterocycles. The number of anilines is 2. The molecule has 0 saturated carbocycles. The van der Waals surface area contributed by atoms with E-state index in [-0.39, 0.29) is 12.6 Å². The van der Waals surface area contributed by atoms with Gasteiger partial charge in [-0.1, -0.05) is 49.7 Å². The fourth-order valence-corrected chi connectivity index (χ4v) is 3.84. The number of aliphatic hydroxyl groups excluding tert-OH is 1. The van der Waals surface area contributed by atoms with Gasteiger partial charge in [0.2, 0.25) is 5.95 Å². The van der Waals surface area contributed by atoms with E-state index in [1.165, 1.54) is 5.56 Å². The Morgan fingerprint density at radius 2 is 1.77 bits per heavy atom. The van der Waals surface area contributed by atoms with Crippen molar-refractivity contribution in [2.75, 3.05) is 58.1 Å². The molecule has 9 heteroatoms. The molecule has 0 aliphatic heterocycles. The molecule has 0 amide bonds. The first kappa shape index (κ1) is 31.8. The van der Waals surface area contributed by atoms with Crippen molar-refractivity contribution in [3.05, 3.63) is 70.9 Å². The van der Waals surface area contributed by atoms with Gasteiger partial charge in [0.05, 0.1) is 26.9 Å². The number of benzene rings is 2. The Balaban J connectivity index is 0.000000499. The zero-order valence-electron chi connectivity index (χ0n) is 23.8. The van der Waals surface area contributed by atoms with E-state index in [0.29, 0.717) is 26.2 Å². The van der Waals surface area contributed by atoms with Gasteiger partial charge in [-0.2, -0.15) is 4.98 Å². The lowest BCUT2D eigenvalue weighted by atomic mass is 10.0. The zero-order valence-corrected chi connectivity index (χ0v) is 23.8. The van der Waals surface area contributed by atoms with Crippen LogP contribution in [0, 0.1) is 6.92 Å². The second kappa shape index (κ2) is 18.8. The summed E-state index contributed by atoms with van der Waals surface area (Å²) in [5.41, 5.74) is 10.00. The van der Waals surface area contributed by atoms with Crippen LogP contribution in [0.1, 0.15) is 48.6 Å². The summed E-state index contributed by atoms with van der Waals surface area (Å²) in [7, 11) is 3.36. The van der Waals surface area contributed by atoms with Gasteiger partial charge in [-0.15, -0.1) is 0 Å². The van der Waals surface area contributed by atoms with E-state index in [1.54, 1.807) is 14.2 Å². The number of nitrogens with zero attached hydrogens (tertiary/aromatic N) is 2. The Morgan fingerprint density at radius 3 is 2.46 bits per heavy atom. The predicted octanol–water partition coefficient (Wildman–Crippen LogP) is 4.36. The Labute approximate surface area is 233 Å². The lowest BCUT2D eigenvalue weighted by molar-refractivity contribution is 0.185. The number of nitrogens with one attached hydrogen (secondary N) is 2. The molecule has 1 heterocycles. The third-order valence-electron chi connectivity index (χ3n) is 5.89. The fraction of sp³-hybridized carbons (Fsp3) is 0.467. The second-order valence-electron chi connectivity index (χ2n) is 9.02. The minimum Gasteiger partial charge on any atom is -0.496 e. The first-order chi connectivity index (χ1) is 19.0. The quantitative estimate of drug-likeness (QED) is 0.197. The zero-order chi connectivity index (χ0) is 28.3. The molecule has 0 fully saturated rings.